The second kappa shape index (κ2) is 6.37. The maximum absolute atomic E-state index is 12.1. The van der Waals surface area contributed by atoms with Crippen molar-refractivity contribution in [1.82, 2.24) is 4.98 Å². The third-order valence-electron chi connectivity index (χ3n) is 2.80. The van der Waals surface area contributed by atoms with Gasteiger partial charge in [0, 0.05) is 17.6 Å². The number of methoxy groups -OCH3 is 1. The van der Waals surface area contributed by atoms with E-state index in [4.69, 9.17) is 11.6 Å². The summed E-state index contributed by atoms with van der Waals surface area (Å²) < 4.78 is 4.60. The number of hydrogen-bond donors (Lipinski definition) is 1. The molecule has 0 bridgehead atoms. The highest BCUT2D eigenvalue weighted by molar-refractivity contribution is 6.34. The number of aryl methyl sites for hydroxylation is 1. The number of pyridine rings is 1. The number of carbonyl (C=O) groups excluding carboxylic acids is 2. The molecule has 108 valence electrons. The zero-order valence-corrected chi connectivity index (χ0v) is 12.3. The third kappa shape index (κ3) is 3.58. The van der Waals surface area contributed by atoms with Crippen LogP contribution in [0.4, 0.5) is 5.69 Å². The standard InChI is InChI=1S/C15H13ClN2O3/c1-9-7-13(16)12(8-17-9)14(19)18-11-5-3-10(4-6-11)15(20)21-2/h3-8H,1-2H3,(H,18,19). The van der Waals surface area contributed by atoms with Crippen molar-refractivity contribution in [1.29, 1.82) is 0 Å². The highest BCUT2D eigenvalue weighted by Crippen LogP contribution is 2.18. The fourth-order valence-electron chi connectivity index (χ4n) is 1.70. The van der Waals surface area contributed by atoms with E-state index >= 15 is 0 Å². The molecule has 0 saturated heterocycles. The highest BCUT2D eigenvalue weighted by Gasteiger charge is 2.12. The van der Waals surface area contributed by atoms with Crippen LogP contribution in [-0.4, -0.2) is 24.0 Å². The molecule has 0 atom stereocenters. The molecule has 0 radical (unpaired) electrons. The summed E-state index contributed by atoms with van der Waals surface area (Å²) in [6, 6.07) is 7.98. The van der Waals surface area contributed by atoms with Crippen molar-refractivity contribution in [3.63, 3.8) is 0 Å². The van der Waals surface area contributed by atoms with E-state index in [1.165, 1.54) is 13.3 Å². The number of esters is 1. The lowest BCUT2D eigenvalue weighted by Gasteiger charge is -2.07. The van der Waals surface area contributed by atoms with Gasteiger partial charge in [-0.25, -0.2) is 4.79 Å². The average molecular weight is 305 g/mol. The molecule has 2 aromatic rings. The number of rotatable bonds is 3. The van der Waals surface area contributed by atoms with Gasteiger partial charge in [-0.2, -0.15) is 0 Å². The zero-order chi connectivity index (χ0) is 15.4. The van der Waals surface area contributed by atoms with Crippen molar-refractivity contribution in [3.8, 4) is 0 Å². The Kier molecular flexibility index (Phi) is 4.55. The van der Waals surface area contributed by atoms with Crippen molar-refractivity contribution >= 4 is 29.2 Å². The van der Waals surface area contributed by atoms with Crippen molar-refractivity contribution in [2.24, 2.45) is 0 Å². The minimum absolute atomic E-state index is 0.291. The van der Waals surface area contributed by atoms with Crippen LogP contribution in [0.2, 0.25) is 5.02 Å². The molecule has 21 heavy (non-hydrogen) atoms. The molecule has 1 heterocycles. The first-order valence-electron chi connectivity index (χ1n) is 6.13. The quantitative estimate of drug-likeness (QED) is 0.885. The highest BCUT2D eigenvalue weighted by atomic mass is 35.5. The molecule has 0 aliphatic rings. The van der Waals surface area contributed by atoms with Crippen molar-refractivity contribution < 1.29 is 14.3 Å². The van der Waals surface area contributed by atoms with Crippen LogP contribution in [0.5, 0.6) is 0 Å². The molecule has 0 aliphatic heterocycles. The van der Waals surface area contributed by atoms with Crippen LogP contribution < -0.4 is 5.32 Å². The number of nitrogens with zero attached hydrogens (tertiary/aromatic N) is 1. The lowest BCUT2D eigenvalue weighted by molar-refractivity contribution is 0.0600. The molecular weight excluding hydrogens is 292 g/mol. The normalized spacial score (nSPS) is 10.0. The molecule has 0 spiro atoms. The van der Waals surface area contributed by atoms with E-state index in [9.17, 15) is 9.59 Å². The van der Waals surface area contributed by atoms with Gasteiger partial charge >= 0.3 is 5.97 Å². The number of ether oxygens (including phenoxy) is 1. The number of aromatic nitrogens is 1. The number of halogens is 1. The van der Waals surface area contributed by atoms with Gasteiger partial charge < -0.3 is 10.1 Å². The maximum atomic E-state index is 12.1. The van der Waals surface area contributed by atoms with Crippen LogP contribution in [0.1, 0.15) is 26.4 Å². The Labute approximate surface area is 126 Å². The van der Waals surface area contributed by atoms with Crippen LogP contribution in [0, 0.1) is 6.92 Å². The Morgan fingerprint density at radius 3 is 2.48 bits per heavy atom. The molecule has 6 heteroatoms. The van der Waals surface area contributed by atoms with Gasteiger partial charge in [-0.3, -0.25) is 9.78 Å². The molecular formula is C15H13ClN2O3. The van der Waals surface area contributed by atoms with Gasteiger partial charge in [0.15, 0.2) is 0 Å². The minimum atomic E-state index is -0.432. The van der Waals surface area contributed by atoms with Crippen molar-refractivity contribution in [2.45, 2.75) is 6.92 Å². The van der Waals surface area contributed by atoms with E-state index in [1.807, 2.05) is 0 Å². The molecule has 0 unspecified atom stereocenters. The smallest absolute Gasteiger partial charge is 0.337 e. The predicted molar refractivity (Wildman–Crippen MR) is 79.7 cm³/mol. The lowest BCUT2D eigenvalue weighted by Crippen LogP contribution is -2.13. The van der Waals surface area contributed by atoms with Crippen LogP contribution in [0.15, 0.2) is 36.5 Å². The number of hydrogen-bond acceptors (Lipinski definition) is 4. The summed E-state index contributed by atoms with van der Waals surface area (Å²) in [5.41, 5.74) is 1.98. The van der Waals surface area contributed by atoms with Crippen LogP contribution >= 0.6 is 11.6 Å². The summed E-state index contributed by atoms with van der Waals surface area (Å²) >= 11 is 6.01. The predicted octanol–water partition coefficient (Wildman–Crippen LogP) is 3.08. The van der Waals surface area contributed by atoms with Gasteiger partial charge in [0.1, 0.15) is 0 Å². The van der Waals surface area contributed by atoms with Crippen LogP contribution in [-0.2, 0) is 4.74 Å². The Hall–Kier alpha value is -2.40. The fourth-order valence-corrected chi connectivity index (χ4v) is 1.99. The Morgan fingerprint density at radius 1 is 1.24 bits per heavy atom. The van der Waals surface area contributed by atoms with E-state index in [2.05, 4.69) is 15.0 Å². The second-order valence-electron chi connectivity index (χ2n) is 4.33. The number of carbonyl (C=O) groups is 2. The number of nitrogens with one attached hydrogen (secondary N) is 1. The molecule has 5 nitrogen and oxygen atoms in total. The van der Waals surface area contributed by atoms with Gasteiger partial charge in [-0.05, 0) is 37.3 Å². The Bertz CT molecular complexity index is 684. The first kappa shape index (κ1) is 15.0. The Morgan fingerprint density at radius 2 is 1.90 bits per heavy atom. The summed E-state index contributed by atoms with van der Waals surface area (Å²) in [6.45, 7) is 1.79. The summed E-state index contributed by atoms with van der Waals surface area (Å²) in [7, 11) is 1.31. The van der Waals surface area contributed by atoms with Crippen LogP contribution in [0.25, 0.3) is 0 Å². The van der Waals surface area contributed by atoms with Gasteiger partial charge in [0.2, 0.25) is 0 Å². The van der Waals surface area contributed by atoms with Gasteiger partial charge in [0.05, 0.1) is 23.3 Å². The molecule has 0 saturated carbocycles. The van der Waals surface area contributed by atoms with Gasteiger partial charge in [0.25, 0.3) is 5.91 Å². The first-order chi connectivity index (χ1) is 10.0. The number of amides is 1. The number of anilines is 1. The first-order valence-corrected chi connectivity index (χ1v) is 6.51. The lowest BCUT2D eigenvalue weighted by atomic mass is 10.2. The largest absolute Gasteiger partial charge is 0.465 e. The van der Waals surface area contributed by atoms with Crippen molar-refractivity contribution in [3.05, 3.63) is 58.4 Å². The molecule has 0 fully saturated rings. The molecule has 1 aromatic carbocycles. The van der Waals surface area contributed by atoms with Gasteiger partial charge in [-0.1, -0.05) is 11.6 Å². The van der Waals surface area contributed by atoms with Crippen molar-refractivity contribution in [2.75, 3.05) is 12.4 Å². The molecule has 1 aromatic heterocycles. The Balaban J connectivity index is 2.14. The third-order valence-corrected chi connectivity index (χ3v) is 3.11. The van der Waals surface area contributed by atoms with Gasteiger partial charge in [-0.15, -0.1) is 0 Å². The minimum Gasteiger partial charge on any atom is -0.465 e. The molecule has 1 amide bonds. The molecule has 0 aliphatic carbocycles. The van der Waals surface area contributed by atoms with Crippen LogP contribution in [0.3, 0.4) is 0 Å². The topological polar surface area (TPSA) is 68.3 Å². The van der Waals surface area contributed by atoms with E-state index in [-0.39, 0.29) is 5.91 Å². The number of benzene rings is 1. The molecule has 2 rings (SSSR count). The van der Waals surface area contributed by atoms with E-state index < -0.39 is 5.97 Å². The summed E-state index contributed by atoms with van der Waals surface area (Å²) in [5, 5.41) is 3.03. The average Bonchev–Trinajstić information content (AvgIpc) is 2.47. The summed E-state index contributed by atoms with van der Waals surface area (Å²) in [4.78, 5) is 27.4. The maximum Gasteiger partial charge on any atom is 0.337 e. The summed E-state index contributed by atoms with van der Waals surface area (Å²) in [6.07, 6.45) is 1.43. The van der Waals surface area contributed by atoms with E-state index in [0.29, 0.717) is 21.8 Å². The second-order valence-corrected chi connectivity index (χ2v) is 4.74. The zero-order valence-electron chi connectivity index (χ0n) is 11.5. The SMILES string of the molecule is COC(=O)c1ccc(NC(=O)c2cnc(C)cc2Cl)cc1. The van der Waals surface area contributed by atoms with E-state index in [1.54, 1.807) is 37.3 Å². The molecule has 1 N–H and O–H groups in total. The van der Waals surface area contributed by atoms with E-state index in [0.717, 1.165) is 5.69 Å². The fraction of sp³-hybridized carbons (Fsp3) is 0.133. The summed E-state index contributed by atoms with van der Waals surface area (Å²) in [5.74, 6) is -0.794. The monoisotopic (exact) mass is 304 g/mol.